The number of hydrogen-bond acceptors (Lipinski definition) is 2. The van der Waals surface area contributed by atoms with E-state index in [0.717, 1.165) is 11.6 Å². The second kappa shape index (κ2) is 5.85. The van der Waals surface area contributed by atoms with Crippen LogP contribution in [0.3, 0.4) is 0 Å². The topological polar surface area (TPSA) is 20.3 Å². The van der Waals surface area contributed by atoms with Gasteiger partial charge in [0.1, 0.15) is 5.78 Å². The van der Waals surface area contributed by atoms with Crippen molar-refractivity contribution in [1.29, 1.82) is 0 Å². The number of ketones is 1. The molecule has 1 rings (SSSR count). The van der Waals surface area contributed by atoms with E-state index in [-0.39, 0.29) is 17.2 Å². The van der Waals surface area contributed by atoms with E-state index in [0.29, 0.717) is 0 Å². The first-order valence-corrected chi connectivity index (χ1v) is 6.58. The fourth-order valence-corrected chi connectivity index (χ4v) is 1.99. The quantitative estimate of drug-likeness (QED) is 0.805. The molecule has 0 N–H and O–H groups in total. The van der Waals surface area contributed by atoms with Crippen LogP contribution in [0.2, 0.25) is 5.02 Å². The summed E-state index contributed by atoms with van der Waals surface area (Å²) in [6.07, 6.45) is 0. The molecule has 0 fully saturated rings. The summed E-state index contributed by atoms with van der Waals surface area (Å²) in [5.74, 6) is 0.220. The van der Waals surface area contributed by atoms with E-state index in [1.165, 1.54) is 5.56 Å². The van der Waals surface area contributed by atoms with Gasteiger partial charge in [-0.1, -0.05) is 37.6 Å². The van der Waals surface area contributed by atoms with Gasteiger partial charge in [0.2, 0.25) is 0 Å². The largest absolute Gasteiger partial charge is 0.299 e. The van der Waals surface area contributed by atoms with Crippen LogP contribution in [0.25, 0.3) is 0 Å². The molecule has 18 heavy (non-hydrogen) atoms. The van der Waals surface area contributed by atoms with Crippen molar-refractivity contribution in [3.63, 3.8) is 0 Å². The number of halogens is 1. The van der Waals surface area contributed by atoms with Gasteiger partial charge in [0.05, 0.1) is 0 Å². The molecule has 0 saturated carbocycles. The maximum absolute atomic E-state index is 11.6. The van der Waals surface area contributed by atoms with Crippen molar-refractivity contribution >= 4 is 17.4 Å². The van der Waals surface area contributed by atoms with Crippen molar-refractivity contribution in [2.75, 3.05) is 13.6 Å². The predicted molar refractivity (Wildman–Crippen MR) is 77.0 cm³/mol. The molecule has 0 aromatic heterocycles. The van der Waals surface area contributed by atoms with Crippen LogP contribution in [-0.2, 0) is 4.79 Å². The van der Waals surface area contributed by atoms with Gasteiger partial charge in [-0.05, 0) is 38.6 Å². The predicted octanol–water partition coefficient (Wildman–Crippen LogP) is 3.95. The highest BCUT2D eigenvalue weighted by molar-refractivity contribution is 6.30. The molecule has 1 aromatic rings. The van der Waals surface area contributed by atoms with Crippen molar-refractivity contribution < 1.29 is 4.79 Å². The highest BCUT2D eigenvalue weighted by atomic mass is 35.5. The van der Waals surface area contributed by atoms with E-state index < -0.39 is 0 Å². The van der Waals surface area contributed by atoms with Crippen molar-refractivity contribution in [1.82, 2.24) is 4.90 Å². The lowest BCUT2D eigenvalue weighted by molar-refractivity contribution is -0.125. The lowest BCUT2D eigenvalue weighted by Crippen LogP contribution is -2.37. The lowest BCUT2D eigenvalue weighted by Gasteiger charge is -2.32. The van der Waals surface area contributed by atoms with Crippen LogP contribution in [0.5, 0.6) is 0 Å². The van der Waals surface area contributed by atoms with Gasteiger partial charge in [0, 0.05) is 23.0 Å². The molecule has 0 aliphatic rings. The third-order valence-corrected chi connectivity index (χ3v) is 3.86. The van der Waals surface area contributed by atoms with E-state index in [9.17, 15) is 4.79 Å². The van der Waals surface area contributed by atoms with Crippen LogP contribution in [0.15, 0.2) is 24.3 Å². The number of carbonyl (C=O) groups excluding carboxylic acids is 1. The third kappa shape index (κ3) is 3.82. The smallest absolute Gasteiger partial charge is 0.136 e. The second-order valence-electron chi connectivity index (χ2n) is 5.58. The minimum absolute atomic E-state index is 0.220. The van der Waals surface area contributed by atoms with Gasteiger partial charge in [-0.15, -0.1) is 0 Å². The number of Topliss-reactive ketones (excluding diaryl/α,β-unsaturated/α-hetero) is 1. The van der Waals surface area contributed by atoms with Crippen LogP contribution in [-0.4, -0.2) is 24.3 Å². The SMILES string of the molecule is CC(=O)C(C)(C)CN(C)C(C)c1ccc(Cl)cc1. The van der Waals surface area contributed by atoms with Gasteiger partial charge in [-0.3, -0.25) is 9.69 Å². The minimum atomic E-state index is -0.310. The Morgan fingerprint density at radius 3 is 2.28 bits per heavy atom. The molecular formula is C15H22ClNO. The van der Waals surface area contributed by atoms with Gasteiger partial charge >= 0.3 is 0 Å². The van der Waals surface area contributed by atoms with Crippen molar-refractivity contribution in [3.8, 4) is 0 Å². The Kier molecular flexibility index (Phi) is 4.94. The zero-order chi connectivity index (χ0) is 13.9. The minimum Gasteiger partial charge on any atom is -0.299 e. The zero-order valence-electron chi connectivity index (χ0n) is 11.8. The Morgan fingerprint density at radius 2 is 1.83 bits per heavy atom. The van der Waals surface area contributed by atoms with Crippen molar-refractivity contribution in [2.45, 2.75) is 33.7 Å². The summed E-state index contributed by atoms with van der Waals surface area (Å²) in [7, 11) is 2.05. The molecule has 1 aromatic carbocycles. The fourth-order valence-electron chi connectivity index (χ4n) is 1.87. The fraction of sp³-hybridized carbons (Fsp3) is 0.533. The summed E-state index contributed by atoms with van der Waals surface area (Å²) >= 11 is 5.89. The molecule has 0 aliphatic carbocycles. The van der Waals surface area contributed by atoms with Crippen LogP contribution < -0.4 is 0 Å². The maximum Gasteiger partial charge on any atom is 0.136 e. The Morgan fingerprint density at radius 1 is 1.33 bits per heavy atom. The standard InChI is InChI=1S/C15H22ClNO/c1-11(13-6-8-14(16)9-7-13)17(5)10-15(3,4)12(2)18/h6-9,11H,10H2,1-5H3. The van der Waals surface area contributed by atoms with Crippen LogP contribution >= 0.6 is 11.6 Å². The molecule has 1 unspecified atom stereocenters. The number of rotatable bonds is 5. The van der Waals surface area contributed by atoms with Crippen molar-refractivity contribution in [3.05, 3.63) is 34.9 Å². The average molecular weight is 268 g/mol. The summed E-state index contributed by atoms with van der Waals surface area (Å²) in [6, 6.07) is 8.13. The van der Waals surface area contributed by atoms with Gasteiger partial charge in [0.15, 0.2) is 0 Å². The first-order valence-electron chi connectivity index (χ1n) is 6.21. The number of hydrogen-bond donors (Lipinski definition) is 0. The van der Waals surface area contributed by atoms with Crippen molar-refractivity contribution in [2.24, 2.45) is 5.41 Å². The number of carbonyl (C=O) groups is 1. The summed E-state index contributed by atoms with van der Waals surface area (Å²) in [4.78, 5) is 13.8. The van der Waals surface area contributed by atoms with Crippen LogP contribution in [0, 0.1) is 5.41 Å². The normalized spacial score (nSPS) is 13.7. The van der Waals surface area contributed by atoms with Crippen LogP contribution in [0.4, 0.5) is 0 Å². The third-order valence-electron chi connectivity index (χ3n) is 3.61. The molecule has 0 bridgehead atoms. The van der Waals surface area contributed by atoms with Gasteiger partial charge < -0.3 is 0 Å². The number of benzene rings is 1. The molecule has 0 heterocycles. The zero-order valence-corrected chi connectivity index (χ0v) is 12.6. The summed E-state index contributed by atoms with van der Waals surface area (Å²) in [5, 5.41) is 0.748. The Balaban J connectivity index is 2.75. The molecule has 100 valence electrons. The summed E-state index contributed by atoms with van der Waals surface area (Å²) < 4.78 is 0. The first-order chi connectivity index (χ1) is 8.24. The second-order valence-corrected chi connectivity index (χ2v) is 6.02. The average Bonchev–Trinajstić information content (AvgIpc) is 2.28. The van der Waals surface area contributed by atoms with Gasteiger partial charge in [-0.25, -0.2) is 0 Å². The van der Waals surface area contributed by atoms with E-state index >= 15 is 0 Å². The Bertz CT molecular complexity index is 411. The van der Waals surface area contributed by atoms with E-state index in [1.54, 1.807) is 6.92 Å². The Labute approximate surface area is 115 Å². The highest BCUT2D eigenvalue weighted by Crippen LogP contribution is 2.25. The molecule has 1 atom stereocenters. The van der Waals surface area contributed by atoms with Gasteiger partial charge in [-0.2, -0.15) is 0 Å². The van der Waals surface area contributed by atoms with E-state index in [4.69, 9.17) is 11.6 Å². The molecule has 2 nitrogen and oxygen atoms in total. The highest BCUT2D eigenvalue weighted by Gasteiger charge is 2.27. The molecule has 0 spiro atoms. The molecule has 0 saturated heterocycles. The Hall–Kier alpha value is -0.860. The monoisotopic (exact) mass is 267 g/mol. The first kappa shape index (κ1) is 15.2. The van der Waals surface area contributed by atoms with Gasteiger partial charge in [0.25, 0.3) is 0 Å². The molecule has 0 radical (unpaired) electrons. The number of nitrogens with zero attached hydrogens (tertiary/aromatic N) is 1. The molecular weight excluding hydrogens is 246 g/mol. The molecule has 0 amide bonds. The van der Waals surface area contributed by atoms with E-state index in [1.807, 2.05) is 45.2 Å². The molecule has 0 aliphatic heterocycles. The summed E-state index contributed by atoms with van der Waals surface area (Å²) in [6.45, 7) is 8.51. The molecule has 3 heteroatoms. The van der Waals surface area contributed by atoms with Crippen LogP contribution in [0.1, 0.15) is 39.3 Å². The lowest BCUT2D eigenvalue weighted by atomic mass is 9.88. The maximum atomic E-state index is 11.6. The summed E-state index contributed by atoms with van der Waals surface area (Å²) in [5.41, 5.74) is 0.899. The van der Waals surface area contributed by atoms with E-state index in [2.05, 4.69) is 11.8 Å².